The van der Waals surface area contributed by atoms with Gasteiger partial charge in [0.25, 0.3) is 0 Å². The van der Waals surface area contributed by atoms with Crippen molar-refractivity contribution in [1.82, 2.24) is 9.71 Å². The lowest BCUT2D eigenvalue weighted by Gasteiger charge is -2.08. The Labute approximate surface area is 158 Å². The van der Waals surface area contributed by atoms with Gasteiger partial charge in [0.05, 0.1) is 4.90 Å². The Bertz CT molecular complexity index is 1020. The van der Waals surface area contributed by atoms with E-state index in [1.165, 1.54) is 6.92 Å². The van der Waals surface area contributed by atoms with Crippen molar-refractivity contribution in [3.8, 4) is 11.1 Å². The van der Waals surface area contributed by atoms with Crippen molar-refractivity contribution in [1.29, 1.82) is 0 Å². The van der Waals surface area contributed by atoms with Crippen LogP contribution in [-0.4, -0.2) is 19.3 Å². The van der Waals surface area contributed by atoms with E-state index in [1.807, 2.05) is 18.2 Å². The van der Waals surface area contributed by atoms with Crippen LogP contribution in [0.1, 0.15) is 12.5 Å². The summed E-state index contributed by atoms with van der Waals surface area (Å²) in [5.41, 5.74) is 3.31. The number of amides is 1. The molecule has 0 aliphatic rings. The summed E-state index contributed by atoms with van der Waals surface area (Å²) in [5.74, 6) is -0.129. The van der Waals surface area contributed by atoms with Crippen LogP contribution >= 0.6 is 0 Å². The third kappa shape index (κ3) is 4.99. The summed E-state index contributed by atoms with van der Waals surface area (Å²) in [5, 5.41) is 2.71. The number of carbonyl (C=O) groups excluding carboxylic acids is 1. The predicted molar refractivity (Wildman–Crippen MR) is 104 cm³/mol. The monoisotopic (exact) mass is 381 g/mol. The van der Waals surface area contributed by atoms with Crippen LogP contribution in [0, 0.1) is 0 Å². The molecule has 3 rings (SSSR count). The summed E-state index contributed by atoms with van der Waals surface area (Å²) in [7, 11) is -3.60. The van der Waals surface area contributed by atoms with Crippen molar-refractivity contribution in [3.63, 3.8) is 0 Å². The third-order valence-corrected chi connectivity index (χ3v) is 5.31. The van der Waals surface area contributed by atoms with Gasteiger partial charge in [0.2, 0.25) is 15.9 Å². The van der Waals surface area contributed by atoms with Crippen molar-refractivity contribution in [2.75, 3.05) is 5.32 Å². The lowest BCUT2D eigenvalue weighted by atomic mass is 10.1. The molecule has 0 atom stereocenters. The molecule has 0 spiro atoms. The van der Waals surface area contributed by atoms with Gasteiger partial charge in [-0.3, -0.25) is 9.78 Å². The SMILES string of the molecule is CC(=O)Nc1ccc(-c2ccc(S(=O)(=O)NCc3cccnc3)cc2)cc1. The second-order valence-corrected chi connectivity index (χ2v) is 7.74. The number of hydrogen-bond donors (Lipinski definition) is 2. The molecule has 2 aromatic carbocycles. The van der Waals surface area contributed by atoms with Gasteiger partial charge in [-0.25, -0.2) is 13.1 Å². The molecule has 0 radical (unpaired) electrons. The van der Waals surface area contributed by atoms with Gasteiger partial charge < -0.3 is 5.32 Å². The summed E-state index contributed by atoms with van der Waals surface area (Å²) in [6.45, 7) is 1.64. The van der Waals surface area contributed by atoms with E-state index in [4.69, 9.17) is 0 Å². The van der Waals surface area contributed by atoms with Gasteiger partial charge in [-0.1, -0.05) is 30.3 Å². The van der Waals surface area contributed by atoms with E-state index in [-0.39, 0.29) is 17.3 Å². The first-order chi connectivity index (χ1) is 12.9. The minimum atomic E-state index is -3.60. The molecule has 0 bridgehead atoms. The number of anilines is 1. The van der Waals surface area contributed by atoms with Gasteiger partial charge in [0.1, 0.15) is 0 Å². The van der Waals surface area contributed by atoms with Gasteiger partial charge in [-0.05, 0) is 47.0 Å². The van der Waals surface area contributed by atoms with Crippen LogP contribution in [0.3, 0.4) is 0 Å². The van der Waals surface area contributed by atoms with E-state index in [1.54, 1.807) is 54.9 Å². The normalized spacial score (nSPS) is 11.1. The topological polar surface area (TPSA) is 88.2 Å². The summed E-state index contributed by atoms with van der Waals surface area (Å²) in [4.78, 5) is 15.2. The van der Waals surface area contributed by atoms with E-state index in [2.05, 4.69) is 15.0 Å². The quantitative estimate of drug-likeness (QED) is 0.686. The van der Waals surface area contributed by atoms with Crippen molar-refractivity contribution in [2.45, 2.75) is 18.4 Å². The first kappa shape index (κ1) is 18.8. The molecule has 1 amide bonds. The fourth-order valence-electron chi connectivity index (χ4n) is 2.54. The van der Waals surface area contributed by atoms with Gasteiger partial charge in [-0.15, -0.1) is 0 Å². The smallest absolute Gasteiger partial charge is 0.240 e. The molecular formula is C20H19N3O3S. The predicted octanol–water partition coefficient (Wildman–Crippen LogP) is 3.19. The Kier molecular flexibility index (Phi) is 5.63. The molecule has 0 aliphatic carbocycles. The molecule has 0 fully saturated rings. The fourth-order valence-corrected chi connectivity index (χ4v) is 3.56. The van der Waals surface area contributed by atoms with Crippen LogP contribution in [0.4, 0.5) is 5.69 Å². The van der Waals surface area contributed by atoms with Crippen molar-refractivity contribution >= 4 is 21.6 Å². The Hall–Kier alpha value is -3.03. The van der Waals surface area contributed by atoms with Gasteiger partial charge in [0.15, 0.2) is 0 Å². The third-order valence-electron chi connectivity index (χ3n) is 3.89. The van der Waals surface area contributed by atoms with Crippen molar-refractivity contribution < 1.29 is 13.2 Å². The van der Waals surface area contributed by atoms with Crippen LogP contribution in [0.25, 0.3) is 11.1 Å². The molecule has 0 unspecified atom stereocenters. The minimum Gasteiger partial charge on any atom is -0.326 e. The highest BCUT2D eigenvalue weighted by Gasteiger charge is 2.13. The number of nitrogens with zero attached hydrogens (tertiary/aromatic N) is 1. The van der Waals surface area contributed by atoms with E-state index in [0.717, 1.165) is 16.7 Å². The molecule has 27 heavy (non-hydrogen) atoms. The number of aromatic nitrogens is 1. The van der Waals surface area contributed by atoms with Crippen molar-refractivity contribution in [2.24, 2.45) is 0 Å². The van der Waals surface area contributed by atoms with Gasteiger partial charge >= 0.3 is 0 Å². The zero-order chi connectivity index (χ0) is 19.3. The van der Waals surface area contributed by atoms with Crippen LogP contribution in [0.15, 0.2) is 78.0 Å². The average molecular weight is 381 g/mol. The number of benzene rings is 2. The average Bonchev–Trinajstić information content (AvgIpc) is 2.68. The Morgan fingerprint density at radius 2 is 1.59 bits per heavy atom. The first-order valence-corrected chi connectivity index (χ1v) is 9.79. The van der Waals surface area contributed by atoms with E-state index >= 15 is 0 Å². The second kappa shape index (κ2) is 8.11. The zero-order valence-corrected chi connectivity index (χ0v) is 15.5. The second-order valence-electron chi connectivity index (χ2n) is 5.97. The van der Waals surface area contributed by atoms with Gasteiger partial charge in [-0.2, -0.15) is 0 Å². The maximum absolute atomic E-state index is 12.4. The number of pyridine rings is 1. The standard InChI is InChI=1S/C20H19N3O3S/c1-15(24)23-19-8-4-17(5-9-19)18-6-10-20(11-7-18)27(25,26)22-14-16-3-2-12-21-13-16/h2-13,22H,14H2,1H3,(H,23,24). The van der Waals surface area contributed by atoms with E-state index in [0.29, 0.717) is 5.69 Å². The summed E-state index contributed by atoms with van der Waals surface area (Å²) in [6, 6.07) is 17.6. The Morgan fingerprint density at radius 3 is 2.15 bits per heavy atom. The molecule has 3 aromatic rings. The molecule has 0 saturated carbocycles. The summed E-state index contributed by atoms with van der Waals surface area (Å²) >= 11 is 0. The molecule has 1 aromatic heterocycles. The molecule has 7 heteroatoms. The molecule has 138 valence electrons. The van der Waals surface area contributed by atoms with E-state index < -0.39 is 10.0 Å². The van der Waals surface area contributed by atoms with Crippen LogP contribution in [0.2, 0.25) is 0 Å². The van der Waals surface area contributed by atoms with Crippen LogP contribution < -0.4 is 10.0 Å². The van der Waals surface area contributed by atoms with Gasteiger partial charge in [0, 0.05) is 31.5 Å². The number of carbonyl (C=O) groups is 1. The molecular weight excluding hydrogens is 362 g/mol. The van der Waals surface area contributed by atoms with Crippen LogP contribution in [0.5, 0.6) is 0 Å². The van der Waals surface area contributed by atoms with E-state index in [9.17, 15) is 13.2 Å². The highest BCUT2D eigenvalue weighted by atomic mass is 32.2. The summed E-state index contributed by atoms with van der Waals surface area (Å²) in [6.07, 6.45) is 3.26. The van der Waals surface area contributed by atoms with Crippen molar-refractivity contribution in [3.05, 3.63) is 78.6 Å². The number of hydrogen-bond acceptors (Lipinski definition) is 4. The number of sulfonamides is 1. The highest BCUT2D eigenvalue weighted by Crippen LogP contribution is 2.23. The number of nitrogens with one attached hydrogen (secondary N) is 2. The summed E-state index contributed by atoms with van der Waals surface area (Å²) < 4.78 is 27.4. The minimum absolute atomic E-state index is 0.129. The number of rotatable bonds is 6. The maximum atomic E-state index is 12.4. The molecule has 2 N–H and O–H groups in total. The maximum Gasteiger partial charge on any atom is 0.240 e. The molecule has 0 aliphatic heterocycles. The first-order valence-electron chi connectivity index (χ1n) is 8.31. The van der Waals surface area contributed by atoms with Crippen LogP contribution in [-0.2, 0) is 21.4 Å². The largest absolute Gasteiger partial charge is 0.326 e. The fraction of sp³-hybridized carbons (Fsp3) is 0.100. The lowest BCUT2D eigenvalue weighted by Crippen LogP contribution is -2.23. The highest BCUT2D eigenvalue weighted by molar-refractivity contribution is 7.89. The Morgan fingerprint density at radius 1 is 0.963 bits per heavy atom. The zero-order valence-electron chi connectivity index (χ0n) is 14.7. The lowest BCUT2D eigenvalue weighted by molar-refractivity contribution is -0.114. The molecule has 6 nitrogen and oxygen atoms in total. The Balaban J connectivity index is 1.71. The molecule has 1 heterocycles. The molecule has 0 saturated heterocycles.